The summed E-state index contributed by atoms with van der Waals surface area (Å²) < 4.78 is 17.0. The van der Waals surface area contributed by atoms with Crippen LogP contribution in [-0.2, 0) is 20.3 Å². The van der Waals surface area contributed by atoms with Crippen LogP contribution in [0.2, 0.25) is 0 Å². The highest BCUT2D eigenvalue weighted by atomic mass is 32.2. The largest absolute Gasteiger partial charge is 0.465 e. The normalized spacial score (nSPS) is 14.9. The summed E-state index contributed by atoms with van der Waals surface area (Å²) in [6.45, 7) is 6.05. The standard InChI is InChI=1S/C26H40O3S/c1-4-7-8-9-10-11-12-13-14-15-16-17-18-19-20-21-22-23-24-25(30(28)6-3)26(27)29-5-2/h7-8,10-11,13-14,16-17,19-20,22-23,25H,4-6,9,12,15,18,21,24H2,1-3H3. The molecule has 168 valence electrons. The summed E-state index contributed by atoms with van der Waals surface area (Å²) in [5, 5.41) is -0.556. The fourth-order valence-electron chi connectivity index (χ4n) is 2.49. The van der Waals surface area contributed by atoms with Crippen molar-refractivity contribution in [2.24, 2.45) is 0 Å². The molecule has 0 saturated heterocycles. The summed E-state index contributed by atoms with van der Waals surface area (Å²) >= 11 is 0. The van der Waals surface area contributed by atoms with Gasteiger partial charge >= 0.3 is 5.97 Å². The summed E-state index contributed by atoms with van der Waals surface area (Å²) in [5.74, 6) is 0.101. The molecule has 3 nitrogen and oxygen atoms in total. The molecule has 0 aromatic carbocycles. The maximum Gasteiger partial charge on any atom is 0.322 e. The Morgan fingerprint density at radius 3 is 1.47 bits per heavy atom. The van der Waals surface area contributed by atoms with E-state index in [1.807, 2.05) is 19.1 Å². The van der Waals surface area contributed by atoms with Crippen LogP contribution < -0.4 is 0 Å². The highest BCUT2D eigenvalue weighted by molar-refractivity contribution is 7.86. The first kappa shape index (κ1) is 28.1. The van der Waals surface area contributed by atoms with Crippen molar-refractivity contribution in [3.05, 3.63) is 72.9 Å². The van der Waals surface area contributed by atoms with Gasteiger partial charge in [0, 0.05) is 16.6 Å². The summed E-state index contributed by atoms with van der Waals surface area (Å²) in [6.07, 6.45) is 31.9. The Labute approximate surface area is 186 Å². The van der Waals surface area contributed by atoms with E-state index in [0.717, 1.165) is 38.5 Å². The number of hydrogen-bond donors (Lipinski definition) is 0. The molecule has 0 aliphatic rings. The van der Waals surface area contributed by atoms with Gasteiger partial charge < -0.3 is 4.74 Å². The highest BCUT2D eigenvalue weighted by Gasteiger charge is 2.23. The quantitative estimate of drug-likeness (QED) is 0.188. The van der Waals surface area contributed by atoms with Gasteiger partial charge in [-0.25, -0.2) is 0 Å². The van der Waals surface area contributed by atoms with Gasteiger partial charge in [-0.15, -0.1) is 0 Å². The van der Waals surface area contributed by atoms with Gasteiger partial charge in [0.2, 0.25) is 0 Å². The van der Waals surface area contributed by atoms with Crippen LogP contribution in [0.3, 0.4) is 0 Å². The van der Waals surface area contributed by atoms with Gasteiger partial charge in [-0.05, 0) is 51.9 Å². The molecule has 30 heavy (non-hydrogen) atoms. The van der Waals surface area contributed by atoms with E-state index in [1.54, 1.807) is 6.92 Å². The molecule has 0 saturated carbocycles. The molecule has 0 bridgehead atoms. The third-order valence-corrected chi connectivity index (χ3v) is 5.69. The van der Waals surface area contributed by atoms with Crippen molar-refractivity contribution in [3.8, 4) is 0 Å². The summed E-state index contributed by atoms with van der Waals surface area (Å²) in [7, 11) is -1.18. The fourth-order valence-corrected chi connectivity index (χ4v) is 3.50. The Hall–Kier alpha value is -1.94. The van der Waals surface area contributed by atoms with E-state index in [-0.39, 0.29) is 5.97 Å². The van der Waals surface area contributed by atoms with Crippen LogP contribution in [0.15, 0.2) is 72.9 Å². The van der Waals surface area contributed by atoms with Crippen LogP contribution in [-0.4, -0.2) is 27.8 Å². The Morgan fingerprint density at radius 1 is 0.700 bits per heavy atom. The first-order valence-electron chi connectivity index (χ1n) is 11.1. The molecule has 4 heteroatoms. The Morgan fingerprint density at radius 2 is 1.10 bits per heavy atom. The fraction of sp³-hybridized carbons (Fsp3) is 0.500. The van der Waals surface area contributed by atoms with Crippen LogP contribution in [0, 0.1) is 0 Å². The molecule has 0 N–H and O–H groups in total. The Kier molecular flexibility index (Phi) is 20.4. The number of hydrogen-bond acceptors (Lipinski definition) is 3. The van der Waals surface area contributed by atoms with Crippen LogP contribution in [0.5, 0.6) is 0 Å². The van der Waals surface area contributed by atoms with Gasteiger partial charge in [0.05, 0.1) is 6.61 Å². The average Bonchev–Trinajstić information content (AvgIpc) is 2.75. The monoisotopic (exact) mass is 432 g/mol. The van der Waals surface area contributed by atoms with Gasteiger partial charge in [0.25, 0.3) is 0 Å². The molecule has 0 spiro atoms. The lowest BCUT2D eigenvalue weighted by molar-refractivity contribution is -0.142. The second-order valence-corrected chi connectivity index (χ2v) is 8.47. The zero-order valence-electron chi connectivity index (χ0n) is 19.0. The van der Waals surface area contributed by atoms with Crippen molar-refractivity contribution in [1.29, 1.82) is 0 Å². The summed E-state index contributed by atoms with van der Waals surface area (Å²) in [6, 6.07) is 0. The molecule has 2 atom stereocenters. The molecule has 0 aliphatic heterocycles. The lowest BCUT2D eigenvalue weighted by atomic mass is 10.2. The predicted octanol–water partition coefficient (Wildman–Crippen LogP) is 6.77. The van der Waals surface area contributed by atoms with Crippen molar-refractivity contribution in [1.82, 2.24) is 0 Å². The minimum atomic E-state index is -1.18. The molecule has 0 fully saturated rings. The molecule has 0 amide bonds. The van der Waals surface area contributed by atoms with Crippen molar-refractivity contribution >= 4 is 16.8 Å². The number of carbonyl (C=O) groups is 1. The van der Waals surface area contributed by atoms with E-state index >= 15 is 0 Å². The first-order chi connectivity index (χ1) is 14.7. The van der Waals surface area contributed by atoms with Crippen molar-refractivity contribution in [2.75, 3.05) is 12.4 Å². The molecule has 0 radical (unpaired) electrons. The van der Waals surface area contributed by atoms with E-state index < -0.39 is 16.0 Å². The van der Waals surface area contributed by atoms with Crippen molar-refractivity contribution in [3.63, 3.8) is 0 Å². The first-order valence-corrected chi connectivity index (χ1v) is 12.5. The van der Waals surface area contributed by atoms with Gasteiger partial charge in [-0.2, -0.15) is 0 Å². The second-order valence-electron chi connectivity index (χ2n) is 6.56. The Balaban J connectivity index is 3.94. The third kappa shape index (κ3) is 17.0. The van der Waals surface area contributed by atoms with E-state index in [9.17, 15) is 9.00 Å². The SMILES string of the molecule is CCC=CCC=CCC=CCC=CCC=CCC=CCC(C(=O)OCC)S(=O)CC. The van der Waals surface area contributed by atoms with Crippen molar-refractivity contribution < 1.29 is 13.7 Å². The molecular weight excluding hydrogens is 392 g/mol. The van der Waals surface area contributed by atoms with Crippen LogP contribution in [0.25, 0.3) is 0 Å². The second kappa shape index (κ2) is 21.8. The van der Waals surface area contributed by atoms with E-state index in [2.05, 4.69) is 67.7 Å². The number of esters is 1. The molecule has 0 heterocycles. The number of carbonyl (C=O) groups excluding carboxylic acids is 1. The zero-order valence-corrected chi connectivity index (χ0v) is 19.8. The lowest BCUT2D eigenvalue weighted by Gasteiger charge is -2.12. The van der Waals surface area contributed by atoms with Crippen LogP contribution in [0.4, 0.5) is 0 Å². The topological polar surface area (TPSA) is 43.4 Å². The van der Waals surface area contributed by atoms with Gasteiger partial charge in [0.15, 0.2) is 0 Å². The maximum absolute atomic E-state index is 12.0. The minimum absolute atomic E-state index is 0.319. The summed E-state index contributed by atoms with van der Waals surface area (Å²) in [5.41, 5.74) is 0. The van der Waals surface area contributed by atoms with Gasteiger partial charge in [-0.3, -0.25) is 9.00 Å². The van der Waals surface area contributed by atoms with E-state index in [4.69, 9.17) is 4.74 Å². The zero-order chi connectivity index (χ0) is 22.3. The predicted molar refractivity (Wildman–Crippen MR) is 132 cm³/mol. The molecule has 0 rings (SSSR count). The van der Waals surface area contributed by atoms with E-state index in [0.29, 0.717) is 18.8 Å². The molecule has 2 unspecified atom stereocenters. The Bertz CT molecular complexity index is 624. The molecule has 0 aliphatic carbocycles. The number of rotatable bonds is 17. The molecule has 0 aromatic heterocycles. The number of allylic oxidation sites excluding steroid dienone is 12. The average molecular weight is 433 g/mol. The molecule has 0 aromatic rings. The van der Waals surface area contributed by atoms with Gasteiger partial charge in [0.1, 0.15) is 5.25 Å². The maximum atomic E-state index is 12.0. The highest BCUT2D eigenvalue weighted by Crippen LogP contribution is 2.07. The smallest absolute Gasteiger partial charge is 0.322 e. The third-order valence-electron chi connectivity index (χ3n) is 4.10. The molecular formula is C26H40O3S. The van der Waals surface area contributed by atoms with Gasteiger partial charge in [-0.1, -0.05) is 86.8 Å². The number of ether oxygens (including phenoxy) is 1. The van der Waals surface area contributed by atoms with Crippen LogP contribution >= 0.6 is 0 Å². The summed E-state index contributed by atoms with van der Waals surface area (Å²) in [4.78, 5) is 11.9. The van der Waals surface area contributed by atoms with E-state index in [1.165, 1.54) is 0 Å². The minimum Gasteiger partial charge on any atom is -0.465 e. The lowest BCUT2D eigenvalue weighted by Crippen LogP contribution is -2.28. The van der Waals surface area contributed by atoms with Crippen LogP contribution in [0.1, 0.15) is 65.7 Å². The van der Waals surface area contributed by atoms with Crippen molar-refractivity contribution in [2.45, 2.75) is 71.0 Å².